The number of benzene rings is 1. The van der Waals surface area contributed by atoms with Crippen molar-refractivity contribution in [2.75, 3.05) is 17.7 Å². The number of hydrogen-bond donors (Lipinski definition) is 0. The van der Waals surface area contributed by atoms with Crippen LogP contribution in [0.5, 0.6) is 0 Å². The molecule has 4 rings (SSSR count). The molecule has 0 spiro atoms. The van der Waals surface area contributed by atoms with Crippen LogP contribution < -0.4 is 4.90 Å². The number of carbonyl (C=O) groups excluding carboxylic acids is 1. The van der Waals surface area contributed by atoms with Crippen molar-refractivity contribution in [1.82, 2.24) is 20.2 Å². The van der Waals surface area contributed by atoms with E-state index in [4.69, 9.17) is 0 Å². The predicted octanol–water partition coefficient (Wildman–Crippen LogP) is 3.76. The Morgan fingerprint density at radius 3 is 2.82 bits per heavy atom. The number of fused-ring (bicyclic) bond motifs is 1. The first-order chi connectivity index (χ1) is 13.5. The van der Waals surface area contributed by atoms with Crippen molar-refractivity contribution in [3.05, 3.63) is 64.0 Å². The molecule has 0 unspecified atom stereocenters. The van der Waals surface area contributed by atoms with Crippen LogP contribution in [0.25, 0.3) is 0 Å². The van der Waals surface area contributed by atoms with Gasteiger partial charge in [-0.2, -0.15) is 0 Å². The van der Waals surface area contributed by atoms with Crippen LogP contribution in [0.2, 0.25) is 0 Å². The van der Waals surface area contributed by atoms with Crippen LogP contribution in [0.15, 0.2) is 58.7 Å². The van der Waals surface area contributed by atoms with Gasteiger partial charge in [-0.25, -0.2) is 4.68 Å². The number of aromatic nitrogens is 4. The maximum atomic E-state index is 12.7. The third kappa shape index (κ3) is 3.49. The molecule has 2 aromatic heterocycles. The average Bonchev–Trinajstić information content (AvgIpc) is 3.39. The maximum Gasteiger partial charge on any atom is 0.210 e. The van der Waals surface area contributed by atoms with Gasteiger partial charge in [0.05, 0.1) is 12.3 Å². The number of anilines is 1. The summed E-state index contributed by atoms with van der Waals surface area (Å²) in [5.41, 5.74) is 3.20. The van der Waals surface area contributed by atoms with Gasteiger partial charge in [0.1, 0.15) is 0 Å². The Hall–Kier alpha value is -2.45. The van der Waals surface area contributed by atoms with Crippen molar-refractivity contribution in [2.45, 2.75) is 31.0 Å². The number of likely N-dealkylation sites (N-methyl/N-ethyl adjacent to an activating group) is 1. The molecule has 0 fully saturated rings. The molecule has 1 aromatic carbocycles. The van der Waals surface area contributed by atoms with Gasteiger partial charge < -0.3 is 4.90 Å². The van der Waals surface area contributed by atoms with E-state index in [-0.39, 0.29) is 11.2 Å². The fraction of sp³-hybridized carbons (Fsp3) is 0.300. The molecule has 0 N–H and O–H groups in total. The molecule has 0 saturated heterocycles. The molecule has 3 aromatic rings. The van der Waals surface area contributed by atoms with Gasteiger partial charge in [-0.3, -0.25) is 4.79 Å². The van der Waals surface area contributed by atoms with Gasteiger partial charge in [-0.05, 0) is 33.5 Å². The summed E-state index contributed by atoms with van der Waals surface area (Å²) in [6.07, 6.45) is 1.76. The molecular formula is C20H21N5OS2. The summed E-state index contributed by atoms with van der Waals surface area (Å²) in [4.78, 5) is 16.0. The molecule has 0 atom stereocenters. The highest BCUT2D eigenvalue weighted by atomic mass is 32.2. The second-order valence-electron chi connectivity index (χ2n) is 7.18. The topological polar surface area (TPSA) is 63.9 Å². The Labute approximate surface area is 172 Å². The van der Waals surface area contributed by atoms with Crippen LogP contribution in [0.3, 0.4) is 0 Å². The zero-order valence-corrected chi connectivity index (χ0v) is 17.6. The monoisotopic (exact) mass is 411 g/mol. The third-order valence-corrected chi connectivity index (χ3v) is 6.81. The first-order valence-electron chi connectivity index (χ1n) is 8.96. The first-order valence-corrected chi connectivity index (χ1v) is 10.8. The molecule has 6 nitrogen and oxygen atoms in total. The quantitative estimate of drug-likeness (QED) is 0.455. The number of allylic oxidation sites excluding steroid dienone is 2. The van der Waals surface area contributed by atoms with Gasteiger partial charge in [-0.1, -0.05) is 49.9 Å². The van der Waals surface area contributed by atoms with Gasteiger partial charge in [0.25, 0.3) is 0 Å². The molecule has 1 aliphatic heterocycles. The number of tetrazole rings is 1. The predicted molar refractivity (Wildman–Crippen MR) is 113 cm³/mol. The number of ketones is 1. The molecular weight excluding hydrogens is 390 g/mol. The van der Waals surface area contributed by atoms with Crippen LogP contribution in [0.1, 0.15) is 24.3 Å². The van der Waals surface area contributed by atoms with Crippen LogP contribution >= 0.6 is 23.1 Å². The van der Waals surface area contributed by atoms with Crippen molar-refractivity contribution in [1.29, 1.82) is 0 Å². The SMILES string of the molecule is CN1C(=CC(=O)CSc2nnnn2Cc2cccs2)C(C)(C)c2ccccc21. The van der Waals surface area contributed by atoms with Crippen molar-refractivity contribution in [3.63, 3.8) is 0 Å². The first kappa shape index (κ1) is 18.9. The highest BCUT2D eigenvalue weighted by Crippen LogP contribution is 2.46. The normalized spacial score (nSPS) is 16.5. The van der Waals surface area contributed by atoms with E-state index >= 15 is 0 Å². The Balaban J connectivity index is 1.46. The van der Waals surface area contributed by atoms with Crippen molar-refractivity contribution in [2.24, 2.45) is 0 Å². The van der Waals surface area contributed by atoms with Crippen LogP contribution in [0.4, 0.5) is 5.69 Å². The molecule has 0 amide bonds. The second-order valence-corrected chi connectivity index (χ2v) is 9.16. The van der Waals surface area contributed by atoms with E-state index < -0.39 is 0 Å². The minimum atomic E-state index is -0.202. The zero-order valence-electron chi connectivity index (χ0n) is 16.0. The number of nitrogens with zero attached hydrogens (tertiary/aromatic N) is 5. The van der Waals surface area contributed by atoms with E-state index in [1.807, 2.05) is 36.7 Å². The number of thiophene rings is 1. The standard InChI is InChI=1S/C20H21N5OS2/c1-20(2)16-8-4-5-9-17(16)24(3)18(20)11-14(26)13-28-19-21-22-23-25(19)12-15-7-6-10-27-15/h4-11H,12-13H2,1-3H3. The van der Waals surface area contributed by atoms with Crippen molar-refractivity contribution in [3.8, 4) is 0 Å². The average molecular weight is 412 g/mol. The smallest absolute Gasteiger partial charge is 0.210 e. The maximum absolute atomic E-state index is 12.7. The van der Waals surface area contributed by atoms with E-state index in [9.17, 15) is 4.79 Å². The van der Waals surface area contributed by atoms with Gasteiger partial charge in [0.2, 0.25) is 5.16 Å². The molecule has 0 radical (unpaired) electrons. The van der Waals surface area contributed by atoms with E-state index in [0.29, 0.717) is 17.5 Å². The van der Waals surface area contributed by atoms with E-state index in [2.05, 4.69) is 46.4 Å². The molecule has 144 valence electrons. The summed E-state index contributed by atoms with van der Waals surface area (Å²) in [6.45, 7) is 4.93. The van der Waals surface area contributed by atoms with Crippen LogP contribution in [-0.2, 0) is 16.8 Å². The lowest BCUT2D eigenvalue weighted by Crippen LogP contribution is -2.24. The molecule has 3 heterocycles. The molecule has 0 aliphatic carbocycles. The Morgan fingerprint density at radius 2 is 2.07 bits per heavy atom. The molecule has 0 bridgehead atoms. The number of thioether (sulfide) groups is 1. The fourth-order valence-corrected chi connectivity index (χ4v) is 4.92. The largest absolute Gasteiger partial charge is 0.347 e. The summed E-state index contributed by atoms with van der Waals surface area (Å²) in [7, 11) is 2.02. The van der Waals surface area contributed by atoms with E-state index in [0.717, 1.165) is 11.4 Å². The lowest BCUT2D eigenvalue weighted by Gasteiger charge is -2.23. The number of para-hydroxylation sites is 1. The van der Waals surface area contributed by atoms with Crippen LogP contribution in [-0.4, -0.2) is 38.8 Å². The summed E-state index contributed by atoms with van der Waals surface area (Å²) in [6, 6.07) is 12.3. The summed E-state index contributed by atoms with van der Waals surface area (Å²) < 4.78 is 1.73. The van der Waals surface area contributed by atoms with E-state index in [1.165, 1.54) is 22.2 Å². The number of rotatable bonds is 6. The zero-order chi connectivity index (χ0) is 19.7. The fourth-order valence-electron chi connectivity index (χ4n) is 3.54. The van der Waals surface area contributed by atoms with Crippen LogP contribution in [0, 0.1) is 0 Å². The second kappa shape index (κ2) is 7.52. The third-order valence-electron chi connectivity index (χ3n) is 4.97. The molecule has 0 saturated carbocycles. The van der Waals surface area contributed by atoms with E-state index in [1.54, 1.807) is 22.1 Å². The number of carbonyl (C=O) groups is 1. The van der Waals surface area contributed by atoms with Crippen molar-refractivity contribution < 1.29 is 4.79 Å². The van der Waals surface area contributed by atoms with Gasteiger partial charge in [0.15, 0.2) is 5.78 Å². The summed E-state index contributed by atoms with van der Waals surface area (Å²) >= 11 is 3.03. The lowest BCUT2D eigenvalue weighted by atomic mass is 9.83. The Bertz CT molecular complexity index is 1020. The molecule has 1 aliphatic rings. The molecule has 28 heavy (non-hydrogen) atoms. The highest BCUT2D eigenvalue weighted by molar-refractivity contribution is 7.99. The van der Waals surface area contributed by atoms with Crippen molar-refractivity contribution >= 4 is 34.6 Å². The summed E-state index contributed by atoms with van der Waals surface area (Å²) in [5, 5.41) is 14.5. The summed E-state index contributed by atoms with van der Waals surface area (Å²) in [5.74, 6) is 0.354. The lowest BCUT2D eigenvalue weighted by molar-refractivity contribution is -0.112. The Kier molecular flexibility index (Phi) is 5.07. The van der Waals surface area contributed by atoms with Gasteiger partial charge in [-0.15, -0.1) is 16.4 Å². The minimum absolute atomic E-state index is 0.0541. The number of hydrogen-bond acceptors (Lipinski definition) is 7. The Morgan fingerprint density at radius 1 is 1.25 bits per heavy atom. The molecule has 8 heteroatoms. The minimum Gasteiger partial charge on any atom is -0.347 e. The van der Waals surface area contributed by atoms with Gasteiger partial charge >= 0.3 is 0 Å². The highest BCUT2D eigenvalue weighted by Gasteiger charge is 2.38. The van der Waals surface area contributed by atoms with Gasteiger partial charge in [0, 0.05) is 34.8 Å².